The van der Waals surface area contributed by atoms with E-state index in [1.54, 1.807) is 4.90 Å². The van der Waals surface area contributed by atoms with Crippen LogP contribution in [0.3, 0.4) is 0 Å². The summed E-state index contributed by atoms with van der Waals surface area (Å²) in [7, 11) is 2.00. The van der Waals surface area contributed by atoms with Crippen molar-refractivity contribution in [2.75, 3.05) is 19.6 Å². The molecule has 3 amide bonds. The van der Waals surface area contributed by atoms with Crippen LogP contribution in [0.1, 0.15) is 65.5 Å². The maximum absolute atomic E-state index is 13.2. The summed E-state index contributed by atoms with van der Waals surface area (Å²) in [6, 6.07) is 4.19. The minimum atomic E-state index is -0.0951. The van der Waals surface area contributed by atoms with Gasteiger partial charge in [-0.2, -0.15) is 0 Å². The molecule has 6 heteroatoms. The van der Waals surface area contributed by atoms with Gasteiger partial charge in [0.25, 0.3) is 0 Å². The summed E-state index contributed by atoms with van der Waals surface area (Å²) in [6.07, 6.45) is 7.68. The lowest BCUT2D eigenvalue weighted by Crippen LogP contribution is -2.51. The van der Waals surface area contributed by atoms with Gasteiger partial charge in [-0.1, -0.05) is 47.0 Å². The predicted octanol–water partition coefficient (Wildman–Crippen LogP) is 4.01. The topological polar surface area (TPSA) is 57.6 Å². The van der Waals surface area contributed by atoms with E-state index in [-0.39, 0.29) is 24.5 Å². The molecule has 0 bridgehead atoms. The summed E-state index contributed by atoms with van der Waals surface area (Å²) < 4.78 is 2.04. The molecule has 6 nitrogen and oxygen atoms in total. The molecule has 0 aromatic carbocycles. The van der Waals surface area contributed by atoms with E-state index in [9.17, 15) is 9.59 Å². The van der Waals surface area contributed by atoms with Gasteiger partial charge in [0.2, 0.25) is 5.91 Å². The quantitative estimate of drug-likeness (QED) is 0.676. The van der Waals surface area contributed by atoms with E-state index in [1.807, 2.05) is 34.8 Å². The summed E-state index contributed by atoms with van der Waals surface area (Å²) in [5, 5.41) is 3.18. The number of aryl methyl sites for hydroxylation is 1. The molecule has 29 heavy (non-hydrogen) atoms. The van der Waals surface area contributed by atoms with Crippen molar-refractivity contribution in [1.29, 1.82) is 0 Å². The lowest BCUT2D eigenvalue weighted by atomic mass is 9.96. The number of aromatic nitrogens is 1. The Morgan fingerprint density at radius 2 is 1.69 bits per heavy atom. The Morgan fingerprint density at radius 3 is 2.24 bits per heavy atom. The number of carbonyl (C=O) groups excluding carboxylic acids is 2. The monoisotopic (exact) mass is 404 g/mol. The van der Waals surface area contributed by atoms with E-state index in [0.29, 0.717) is 31.5 Å². The van der Waals surface area contributed by atoms with Crippen molar-refractivity contribution in [3.63, 3.8) is 0 Å². The summed E-state index contributed by atoms with van der Waals surface area (Å²) >= 11 is 0. The van der Waals surface area contributed by atoms with Gasteiger partial charge in [-0.25, -0.2) is 4.79 Å². The molecule has 1 N–H and O–H groups in total. The fourth-order valence-electron chi connectivity index (χ4n) is 3.99. The lowest BCUT2D eigenvalue weighted by Gasteiger charge is -2.31. The molecule has 1 aliphatic rings. The second-order valence-electron chi connectivity index (χ2n) is 9.34. The number of nitrogens with one attached hydrogen (secondary N) is 1. The molecule has 0 unspecified atom stereocenters. The van der Waals surface area contributed by atoms with Gasteiger partial charge in [-0.3, -0.25) is 4.79 Å². The molecular weight excluding hydrogens is 364 g/mol. The van der Waals surface area contributed by atoms with Crippen LogP contribution in [0.15, 0.2) is 18.3 Å². The maximum Gasteiger partial charge on any atom is 0.318 e. The SMILES string of the molecule is CC(C)CN(Cc1cccn1C)C(=O)CN(CC(C)C)C(=O)NC1CCCCC1. The molecule has 0 spiro atoms. The Bertz CT molecular complexity index is 647. The van der Waals surface area contributed by atoms with Crippen LogP contribution >= 0.6 is 0 Å². The molecule has 1 aliphatic carbocycles. The minimum absolute atomic E-state index is 0.0133. The van der Waals surface area contributed by atoms with Crippen molar-refractivity contribution in [1.82, 2.24) is 19.7 Å². The number of nitrogens with zero attached hydrogens (tertiary/aromatic N) is 3. The molecule has 0 saturated heterocycles. The van der Waals surface area contributed by atoms with E-state index in [4.69, 9.17) is 0 Å². The Hall–Kier alpha value is -1.98. The standard InChI is InChI=1S/C23H40N4O2/c1-18(2)14-26(16-21-12-9-13-25(21)5)22(28)17-27(15-19(3)4)23(29)24-20-10-7-6-8-11-20/h9,12-13,18-20H,6-8,10-11,14-17H2,1-5H3,(H,24,29). The van der Waals surface area contributed by atoms with Gasteiger partial charge in [0.1, 0.15) is 6.54 Å². The van der Waals surface area contributed by atoms with Crippen LogP contribution in [0.25, 0.3) is 0 Å². The smallest absolute Gasteiger partial charge is 0.318 e. The fraction of sp³-hybridized carbons (Fsp3) is 0.739. The third-order valence-corrected chi connectivity index (χ3v) is 5.47. The van der Waals surface area contributed by atoms with Crippen LogP contribution < -0.4 is 5.32 Å². The number of carbonyl (C=O) groups is 2. The Morgan fingerprint density at radius 1 is 1.07 bits per heavy atom. The molecule has 1 aromatic heterocycles. The average molecular weight is 405 g/mol. The highest BCUT2D eigenvalue weighted by molar-refractivity contribution is 5.84. The van der Waals surface area contributed by atoms with Crippen LogP contribution in [0, 0.1) is 11.8 Å². The van der Waals surface area contributed by atoms with Gasteiger partial charge in [0.15, 0.2) is 0 Å². The molecule has 0 aliphatic heterocycles. The first-order valence-corrected chi connectivity index (χ1v) is 11.2. The van der Waals surface area contributed by atoms with Crippen molar-refractivity contribution in [3.05, 3.63) is 24.0 Å². The van der Waals surface area contributed by atoms with Gasteiger partial charge in [-0.05, 0) is 36.8 Å². The van der Waals surface area contributed by atoms with Crippen LogP contribution in [0.4, 0.5) is 4.79 Å². The number of hydrogen-bond donors (Lipinski definition) is 1. The molecular formula is C23H40N4O2. The number of hydrogen-bond acceptors (Lipinski definition) is 2. The lowest BCUT2D eigenvalue weighted by molar-refractivity contribution is -0.133. The molecule has 1 aromatic rings. The summed E-state index contributed by atoms with van der Waals surface area (Å²) in [4.78, 5) is 29.7. The zero-order chi connectivity index (χ0) is 21.4. The first-order chi connectivity index (χ1) is 13.8. The first kappa shape index (κ1) is 23.3. The second kappa shape index (κ2) is 11.3. The van der Waals surface area contributed by atoms with Crippen molar-refractivity contribution in [2.45, 2.75) is 72.4 Å². The third kappa shape index (κ3) is 7.75. The van der Waals surface area contributed by atoms with Gasteiger partial charge in [-0.15, -0.1) is 0 Å². The molecule has 1 heterocycles. The van der Waals surface area contributed by atoms with Crippen molar-refractivity contribution in [3.8, 4) is 0 Å². The van der Waals surface area contributed by atoms with Gasteiger partial charge in [0.05, 0.1) is 6.54 Å². The first-order valence-electron chi connectivity index (χ1n) is 11.2. The van der Waals surface area contributed by atoms with Crippen molar-refractivity contribution >= 4 is 11.9 Å². The van der Waals surface area contributed by atoms with Crippen LogP contribution in [-0.4, -0.2) is 52.0 Å². The van der Waals surface area contributed by atoms with E-state index < -0.39 is 0 Å². The van der Waals surface area contributed by atoms with Gasteiger partial charge >= 0.3 is 6.03 Å². The fourth-order valence-corrected chi connectivity index (χ4v) is 3.99. The molecule has 2 rings (SSSR count). The highest BCUT2D eigenvalue weighted by Crippen LogP contribution is 2.18. The molecule has 0 radical (unpaired) electrons. The highest BCUT2D eigenvalue weighted by atomic mass is 16.2. The number of amides is 3. The molecule has 1 fully saturated rings. The largest absolute Gasteiger partial charge is 0.353 e. The molecule has 1 saturated carbocycles. The van der Waals surface area contributed by atoms with E-state index in [2.05, 4.69) is 33.0 Å². The van der Waals surface area contributed by atoms with Crippen LogP contribution in [-0.2, 0) is 18.4 Å². The van der Waals surface area contributed by atoms with Crippen LogP contribution in [0.2, 0.25) is 0 Å². The third-order valence-electron chi connectivity index (χ3n) is 5.47. The van der Waals surface area contributed by atoms with Gasteiger partial charge in [0, 0.05) is 38.1 Å². The van der Waals surface area contributed by atoms with E-state index in [0.717, 1.165) is 18.5 Å². The predicted molar refractivity (Wildman–Crippen MR) is 117 cm³/mol. The van der Waals surface area contributed by atoms with Gasteiger partial charge < -0.3 is 19.7 Å². The Labute approximate surface area is 176 Å². The van der Waals surface area contributed by atoms with Crippen LogP contribution in [0.5, 0.6) is 0 Å². The average Bonchev–Trinajstić information content (AvgIpc) is 3.05. The van der Waals surface area contributed by atoms with Crippen molar-refractivity contribution < 1.29 is 9.59 Å². The minimum Gasteiger partial charge on any atom is -0.353 e. The number of urea groups is 1. The molecule has 164 valence electrons. The molecule has 0 atom stereocenters. The zero-order valence-corrected chi connectivity index (χ0v) is 19.0. The zero-order valence-electron chi connectivity index (χ0n) is 19.0. The Kier molecular flexibility index (Phi) is 9.05. The summed E-state index contributed by atoms with van der Waals surface area (Å²) in [5.74, 6) is 0.694. The maximum atomic E-state index is 13.2. The summed E-state index contributed by atoms with van der Waals surface area (Å²) in [5.41, 5.74) is 1.10. The van der Waals surface area contributed by atoms with E-state index >= 15 is 0 Å². The van der Waals surface area contributed by atoms with E-state index in [1.165, 1.54) is 19.3 Å². The number of rotatable bonds is 9. The Balaban J connectivity index is 2.05. The summed E-state index contributed by atoms with van der Waals surface area (Å²) in [6.45, 7) is 10.4. The highest BCUT2D eigenvalue weighted by Gasteiger charge is 2.25. The second-order valence-corrected chi connectivity index (χ2v) is 9.34. The normalized spacial score (nSPS) is 15.0. The van der Waals surface area contributed by atoms with Crippen molar-refractivity contribution in [2.24, 2.45) is 18.9 Å².